The van der Waals surface area contributed by atoms with Gasteiger partial charge in [-0.25, -0.2) is 0 Å². The Morgan fingerprint density at radius 1 is 1.22 bits per heavy atom. The van der Waals surface area contributed by atoms with Crippen LogP contribution in [0.5, 0.6) is 0 Å². The first-order chi connectivity index (χ1) is 8.49. The van der Waals surface area contributed by atoms with E-state index in [2.05, 4.69) is 0 Å². The molecule has 0 saturated heterocycles. The predicted molar refractivity (Wildman–Crippen MR) is 68.4 cm³/mol. The van der Waals surface area contributed by atoms with Crippen molar-refractivity contribution in [3.63, 3.8) is 0 Å². The number of hydrogen-bond donors (Lipinski definition) is 0. The lowest BCUT2D eigenvalue weighted by atomic mass is 10.1. The maximum absolute atomic E-state index is 12.9. The van der Waals surface area contributed by atoms with E-state index in [4.69, 9.17) is 4.74 Å². The van der Waals surface area contributed by atoms with Crippen molar-refractivity contribution < 1.29 is 17.9 Å². The van der Waals surface area contributed by atoms with E-state index in [1.807, 2.05) is 6.07 Å². The minimum Gasteiger partial charge on any atom is -0.489 e. The number of allylic oxidation sites excluding steroid dienone is 2. The van der Waals surface area contributed by atoms with Gasteiger partial charge in [0, 0.05) is 11.3 Å². The van der Waals surface area contributed by atoms with E-state index in [1.54, 1.807) is 37.4 Å². The molecule has 18 heavy (non-hydrogen) atoms. The van der Waals surface area contributed by atoms with Gasteiger partial charge in [0.1, 0.15) is 0 Å². The Morgan fingerprint density at radius 3 is 2.28 bits per heavy atom. The lowest BCUT2D eigenvalue weighted by Crippen LogP contribution is -2.17. The van der Waals surface area contributed by atoms with Crippen LogP contribution >= 0.6 is 11.8 Å². The number of alkyl halides is 3. The van der Waals surface area contributed by atoms with Gasteiger partial charge in [-0.3, -0.25) is 0 Å². The van der Waals surface area contributed by atoms with Crippen LogP contribution in [-0.4, -0.2) is 19.0 Å². The van der Waals surface area contributed by atoms with Crippen molar-refractivity contribution in [1.29, 1.82) is 0 Å². The number of benzene rings is 1. The van der Waals surface area contributed by atoms with Crippen LogP contribution in [0.15, 0.2) is 41.0 Å². The molecule has 0 spiro atoms. The van der Waals surface area contributed by atoms with Gasteiger partial charge in [0.2, 0.25) is 5.76 Å². The highest BCUT2D eigenvalue weighted by Gasteiger charge is 2.38. The SMILES string of the molecule is CCO/C(=C(\Cc1ccccc1)SC)C(F)(F)F. The van der Waals surface area contributed by atoms with Crippen molar-refractivity contribution in [1.82, 2.24) is 0 Å². The highest BCUT2D eigenvalue weighted by atomic mass is 32.2. The molecule has 0 atom stereocenters. The third-order valence-electron chi connectivity index (χ3n) is 2.25. The molecule has 5 heteroatoms. The molecule has 100 valence electrons. The van der Waals surface area contributed by atoms with Crippen molar-refractivity contribution in [3.8, 4) is 0 Å². The summed E-state index contributed by atoms with van der Waals surface area (Å²) in [7, 11) is 0. The van der Waals surface area contributed by atoms with E-state index < -0.39 is 11.9 Å². The molecule has 1 aromatic carbocycles. The van der Waals surface area contributed by atoms with Crippen molar-refractivity contribution in [2.24, 2.45) is 0 Å². The van der Waals surface area contributed by atoms with E-state index in [0.29, 0.717) is 0 Å². The van der Waals surface area contributed by atoms with E-state index in [-0.39, 0.29) is 17.9 Å². The normalized spacial score (nSPS) is 13.2. The van der Waals surface area contributed by atoms with E-state index in [0.717, 1.165) is 17.3 Å². The number of halogens is 3. The van der Waals surface area contributed by atoms with Gasteiger partial charge in [0.05, 0.1) is 6.61 Å². The largest absolute Gasteiger partial charge is 0.489 e. The molecule has 0 aliphatic rings. The van der Waals surface area contributed by atoms with Crippen LogP contribution in [0.3, 0.4) is 0 Å². The fourth-order valence-electron chi connectivity index (χ4n) is 1.49. The van der Waals surface area contributed by atoms with Gasteiger partial charge < -0.3 is 4.74 Å². The predicted octanol–water partition coefficient (Wildman–Crippen LogP) is 4.40. The number of ether oxygens (including phenoxy) is 1. The molecule has 0 N–H and O–H groups in total. The maximum atomic E-state index is 12.9. The van der Waals surface area contributed by atoms with Crippen molar-refractivity contribution in [2.75, 3.05) is 12.9 Å². The molecule has 1 rings (SSSR count). The molecule has 0 aliphatic carbocycles. The van der Waals surface area contributed by atoms with E-state index in [1.165, 1.54) is 0 Å². The van der Waals surface area contributed by atoms with Crippen LogP contribution < -0.4 is 0 Å². The quantitative estimate of drug-likeness (QED) is 0.737. The van der Waals surface area contributed by atoms with Gasteiger partial charge in [-0.15, -0.1) is 11.8 Å². The lowest BCUT2D eigenvalue weighted by molar-refractivity contribution is -0.130. The first-order valence-corrected chi connectivity index (χ1v) is 6.72. The number of rotatable bonds is 5. The Kier molecular flexibility index (Phi) is 5.59. The average molecular weight is 276 g/mol. The van der Waals surface area contributed by atoms with Crippen molar-refractivity contribution in [3.05, 3.63) is 46.6 Å². The molecule has 0 bridgehead atoms. The summed E-state index contributed by atoms with van der Waals surface area (Å²) in [6.07, 6.45) is -2.58. The van der Waals surface area contributed by atoms with Crippen molar-refractivity contribution in [2.45, 2.75) is 19.5 Å². The highest BCUT2D eigenvalue weighted by Crippen LogP contribution is 2.34. The Morgan fingerprint density at radius 2 is 1.83 bits per heavy atom. The van der Waals surface area contributed by atoms with Crippen LogP contribution in [-0.2, 0) is 11.2 Å². The molecule has 1 nitrogen and oxygen atoms in total. The molecule has 0 radical (unpaired) electrons. The van der Waals surface area contributed by atoms with Gasteiger partial charge in [-0.1, -0.05) is 30.3 Å². The summed E-state index contributed by atoms with van der Waals surface area (Å²) in [4.78, 5) is 0.204. The van der Waals surface area contributed by atoms with Crippen LogP contribution in [0.25, 0.3) is 0 Å². The first-order valence-electron chi connectivity index (χ1n) is 5.50. The van der Waals surface area contributed by atoms with E-state index >= 15 is 0 Å². The number of thioether (sulfide) groups is 1. The van der Waals surface area contributed by atoms with Gasteiger partial charge in [0.25, 0.3) is 0 Å². The summed E-state index contributed by atoms with van der Waals surface area (Å²) >= 11 is 1.07. The van der Waals surface area contributed by atoms with Crippen LogP contribution in [0.1, 0.15) is 12.5 Å². The Hall–Kier alpha value is -1.10. The molecule has 0 aromatic heterocycles. The zero-order valence-electron chi connectivity index (χ0n) is 10.3. The van der Waals surface area contributed by atoms with Crippen molar-refractivity contribution >= 4 is 11.8 Å². The Labute approximate surface area is 109 Å². The monoisotopic (exact) mass is 276 g/mol. The maximum Gasteiger partial charge on any atom is 0.449 e. The lowest BCUT2D eigenvalue weighted by Gasteiger charge is -2.16. The molecule has 0 fully saturated rings. The molecule has 0 amide bonds. The van der Waals surface area contributed by atoms with Crippen LogP contribution in [0.4, 0.5) is 13.2 Å². The van der Waals surface area contributed by atoms with Gasteiger partial charge in [-0.2, -0.15) is 13.2 Å². The van der Waals surface area contributed by atoms with Crippen LogP contribution in [0, 0.1) is 0 Å². The summed E-state index contributed by atoms with van der Waals surface area (Å²) in [6, 6.07) is 9.05. The van der Waals surface area contributed by atoms with Crippen LogP contribution in [0.2, 0.25) is 0 Å². The highest BCUT2D eigenvalue weighted by molar-refractivity contribution is 8.02. The topological polar surface area (TPSA) is 9.23 Å². The molecule has 1 aromatic rings. The molecular formula is C13H15F3OS. The molecule has 0 heterocycles. The van der Waals surface area contributed by atoms with Gasteiger partial charge in [0.15, 0.2) is 0 Å². The fourth-order valence-corrected chi connectivity index (χ4v) is 2.16. The molecule has 0 saturated carbocycles. The minimum atomic E-state index is -4.44. The second-order valence-corrected chi connectivity index (χ2v) is 4.45. The van der Waals surface area contributed by atoms with Gasteiger partial charge in [-0.05, 0) is 18.7 Å². The standard InChI is InChI=1S/C13H15F3OS/c1-3-17-12(13(14,15)16)11(18-2)9-10-7-5-4-6-8-10/h4-8H,3,9H2,1-2H3/b12-11+. The minimum absolute atomic E-state index is 0.00763. The summed E-state index contributed by atoms with van der Waals surface area (Å²) in [5, 5.41) is 0. The average Bonchev–Trinajstić information content (AvgIpc) is 2.33. The molecule has 0 aliphatic heterocycles. The number of hydrogen-bond acceptors (Lipinski definition) is 2. The third-order valence-corrected chi connectivity index (χ3v) is 3.08. The fraction of sp³-hybridized carbons (Fsp3) is 0.385. The third kappa shape index (κ3) is 4.29. The summed E-state index contributed by atoms with van der Waals surface area (Å²) < 4.78 is 43.3. The summed E-state index contributed by atoms with van der Waals surface area (Å²) in [5.41, 5.74) is 0.836. The second kappa shape index (κ2) is 6.73. The second-order valence-electron chi connectivity index (χ2n) is 3.55. The molecular weight excluding hydrogens is 261 g/mol. The first kappa shape index (κ1) is 15.0. The zero-order valence-corrected chi connectivity index (χ0v) is 11.1. The Balaban J connectivity index is 3.03. The molecule has 0 unspecified atom stereocenters. The zero-order chi connectivity index (χ0) is 13.6. The van der Waals surface area contributed by atoms with Gasteiger partial charge >= 0.3 is 6.18 Å². The summed E-state index contributed by atoms with van der Waals surface area (Å²) in [5.74, 6) is -0.874. The summed E-state index contributed by atoms with van der Waals surface area (Å²) in [6.45, 7) is 1.56. The van der Waals surface area contributed by atoms with E-state index in [9.17, 15) is 13.2 Å². The Bertz CT molecular complexity index is 398. The smallest absolute Gasteiger partial charge is 0.449 e.